The van der Waals surface area contributed by atoms with Crippen molar-refractivity contribution in [3.05, 3.63) is 48.0 Å². The number of nitrogens with one attached hydrogen (secondary N) is 1. The number of benzene rings is 2. The Bertz CT molecular complexity index is 587. The minimum atomic E-state index is 0.430. The number of hydrogen-bond acceptors (Lipinski definition) is 2. The van der Waals surface area contributed by atoms with Crippen LogP contribution in [0.1, 0.15) is 18.9 Å². The summed E-state index contributed by atoms with van der Waals surface area (Å²) in [4.78, 5) is 2.60. The molecule has 1 N–H and O–H groups in total. The van der Waals surface area contributed by atoms with E-state index >= 15 is 0 Å². The van der Waals surface area contributed by atoms with Crippen LogP contribution < -0.4 is 5.32 Å². The zero-order chi connectivity index (χ0) is 14.0. The first-order valence-corrected chi connectivity index (χ1v) is 7.54. The summed E-state index contributed by atoms with van der Waals surface area (Å²) in [5.74, 6) is 0. The molecule has 0 aliphatic carbocycles. The van der Waals surface area contributed by atoms with Crippen LogP contribution >= 0.6 is 0 Å². The largest absolute Gasteiger partial charge is 0.319 e. The molecule has 3 rings (SSSR count). The summed E-state index contributed by atoms with van der Waals surface area (Å²) in [5, 5.41) is 6.09. The van der Waals surface area contributed by atoms with Crippen molar-refractivity contribution in [1.29, 1.82) is 0 Å². The molecule has 2 nitrogen and oxygen atoms in total. The second kappa shape index (κ2) is 5.55. The van der Waals surface area contributed by atoms with Crippen LogP contribution in [0.4, 0.5) is 0 Å². The number of hydrogen-bond donors (Lipinski definition) is 1. The Morgan fingerprint density at radius 3 is 2.80 bits per heavy atom. The van der Waals surface area contributed by atoms with Gasteiger partial charge >= 0.3 is 0 Å². The van der Waals surface area contributed by atoms with E-state index < -0.39 is 0 Å². The molecule has 1 aliphatic heterocycles. The van der Waals surface area contributed by atoms with E-state index in [1.165, 1.54) is 35.8 Å². The molecule has 1 atom stereocenters. The quantitative estimate of drug-likeness (QED) is 0.915. The maximum Gasteiger partial charge on any atom is 0.0240 e. The molecule has 2 aromatic carbocycles. The Morgan fingerprint density at radius 2 is 1.95 bits per heavy atom. The molecule has 1 heterocycles. The van der Waals surface area contributed by atoms with Gasteiger partial charge in [-0.3, -0.25) is 4.90 Å². The van der Waals surface area contributed by atoms with Crippen molar-refractivity contribution in [3.8, 4) is 0 Å². The third-order valence-electron chi connectivity index (χ3n) is 4.51. The lowest BCUT2D eigenvalue weighted by Crippen LogP contribution is -2.32. The van der Waals surface area contributed by atoms with E-state index in [0.717, 1.165) is 13.1 Å². The number of likely N-dealkylation sites (tertiary alicyclic amines) is 1. The van der Waals surface area contributed by atoms with Crippen LogP contribution in [-0.4, -0.2) is 31.6 Å². The van der Waals surface area contributed by atoms with Crippen molar-refractivity contribution in [2.45, 2.75) is 19.9 Å². The standard InChI is InChI=1S/C18H24N2/c1-18(13-19-2)10-11-20(14-18)12-16-8-5-7-15-6-3-4-9-17(15)16/h3-9,19H,10-14H2,1-2H3. The molecular formula is C18H24N2. The average Bonchev–Trinajstić information content (AvgIpc) is 2.81. The first-order valence-electron chi connectivity index (χ1n) is 7.54. The van der Waals surface area contributed by atoms with Gasteiger partial charge in [0, 0.05) is 19.6 Å². The van der Waals surface area contributed by atoms with Gasteiger partial charge in [0.25, 0.3) is 0 Å². The topological polar surface area (TPSA) is 15.3 Å². The first-order chi connectivity index (χ1) is 9.70. The fourth-order valence-corrected chi connectivity index (χ4v) is 3.50. The van der Waals surface area contributed by atoms with E-state index in [-0.39, 0.29) is 0 Å². The van der Waals surface area contributed by atoms with Gasteiger partial charge in [-0.25, -0.2) is 0 Å². The summed E-state index contributed by atoms with van der Waals surface area (Å²) >= 11 is 0. The molecule has 0 saturated carbocycles. The van der Waals surface area contributed by atoms with Crippen LogP contribution in [0.2, 0.25) is 0 Å². The molecule has 0 spiro atoms. The van der Waals surface area contributed by atoms with Crippen LogP contribution in [0, 0.1) is 5.41 Å². The van der Waals surface area contributed by atoms with Crippen molar-refractivity contribution in [2.24, 2.45) is 5.41 Å². The highest BCUT2D eigenvalue weighted by molar-refractivity contribution is 5.85. The van der Waals surface area contributed by atoms with Gasteiger partial charge in [0.05, 0.1) is 0 Å². The highest BCUT2D eigenvalue weighted by Gasteiger charge is 2.32. The minimum Gasteiger partial charge on any atom is -0.319 e. The highest BCUT2D eigenvalue weighted by Crippen LogP contribution is 2.31. The summed E-state index contributed by atoms with van der Waals surface area (Å²) in [6.07, 6.45) is 1.29. The van der Waals surface area contributed by atoms with Crippen LogP contribution in [0.15, 0.2) is 42.5 Å². The van der Waals surface area contributed by atoms with E-state index in [2.05, 4.69) is 66.7 Å². The normalized spacial score (nSPS) is 23.5. The summed E-state index contributed by atoms with van der Waals surface area (Å²) < 4.78 is 0. The Balaban J connectivity index is 1.78. The fraction of sp³-hybridized carbons (Fsp3) is 0.444. The molecule has 1 aliphatic rings. The molecule has 20 heavy (non-hydrogen) atoms. The predicted octanol–water partition coefficient (Wildman–Crippen LogP) is 3.27. The molecule has 0 amide bonds. The van der Waals surface area contributed by atoms with E-state index in [9.17, 15) is 0 Å². The molecule has 106 valence electrons. The third kappa shape index (κ3) is 2.72. The van der Waals surface area contributed by atoms with Gasteiger partial charge in [-0.1, -0.05) is 49.4 Å². The predicted molar refractivity (Wildman–Crippen MR) is 85.9 cm³/mol. The first kappa shape index (κ1) is 13.6. The van der Waals surface area contributed by atoms with E-state index in [0.29, 0.717) is 5.41 Å². The third-order valence-corrected chi connectivity index (χ3v) is 4.51. The Morgan fingerprint density at radius 1 is 1.15 bits per heavy atom. The number of nitrogens with zero attached hydrogens (tertiary/aromatic N) is 1. The molecule has 0 radical (unpaired) electrons. The zero-order valence-corrected chi connectivity index (χ0v) is 12.5. The second-order valence-corrected chi connectivity index (χ2v) is 6.44. The van der Waals surface area contributed by atoms with E-state index in [4.69, 9.17) is 0 Å². The van der Waals surface area contributed by atoms with Gasteiger partial charge in [0.2, 0.25) is 0 Å². The van der Waals surface area contributed by atoms with E-state index in [1.54, 1.807) is 0 Å². The van der Waals surface area contributed by atoms with Crippen LogP contribution in [0.5, 0.6) is 0 Å². The lowest BCUT2D eigenvalue weighted by molar-refractivity contribution is 0.266. The molecule has 1 unspecified atom stereocenters. The summed E-state index contributed by atoms with van der Waals surface area (Å²) in [5.41, 5.74) is 1.89. The molecule has 1 saturated heterocycles. The maximum atomic E-state index is 3.34. The maximum absolute atomic E-state index is 3.34. The van der Waals surface area contributed by atoms with Crippen molar-refractivity contribution in [2.75, 3.05) is 26.7 Å². The smallest absolute Gasteiger partial charge is 0.0240 e. The van der Waals surface area contributed by atoms with Gasteiger partial charge in [-0.05, 0) is 41.8 Å². The molecule has 1 fully saturated rings. The van der Waals surface area contributed by atoms with Crippen LogP contribution in [0.25, 0.3) is 10.8 Å². The molecule has 2 aromatic rings. The summed E-state index contributed by atoms with van der Waals surface area (Å²) in [6, 6.07) is 15.4. The Hall–Kier alpha value is -1.38. The number of fused-ring (bicyclic) bond motifs is 1. The van der Waals surface area contributed by atoms with Crippen LogP contribution in [0.3, 0.4) is 0 Å². The minimum absolute atomic E-state index is 0.430. The Kier molecular flexibility index (Phi) is 3.77. The number of rotatable bonds is 4. The monoisotopic (exact) mass is 268 g/mol. The molecule has 0 bridgehead atoms. The van der Waals surface area contributed by atoms with E-state index in [1.807, 2.05) is 0 Å². The van der Waals surface area contributed by atoms with Gasteiger partial charge < -0.3 is 5.32 Å². The van der Waals surface area contributed by atoms with Crippen molar-refractivity contribution in [3.63, 3.8) is 0 Å². The Labute approximate surface area is 121 Å². The van der Waals surface area contributed by atoms with Crippen molar-refractivity contribution in [1.82, 2.24) is 10.2 Å². The molecule has 2 heteroatoms. The highest BCUT2D eigenvalue weighted by atomic mass is 15.2. The summed E-state index contributed by atoms with van der Waals surface area (Å²) in [7, 11) is 2.05. The second-order valence-electron chi connectivity index (χ2n) is 6.44. The van der Waals surface area contributed by atoms with Crippen molar-refractivity contribution >= 4 is 10.8 Å². The average molecular weight is 268 g/mol. The zero-order valence-electron chi connectivity index (χ0n) is 12.5. The van der Waals surface area contributed by atoms with Gasteiger partial charge in [-0.2, -0.15) is 0 Å². The lowest BCUT2D eigenvalue weighted by atomic mass is 9.90. The molecule has 0 aromatic heterocycles. The summed E-state index contributed by atoms with van der Waals surface area (Å²) in [6.45, 7) is 6.98. The van der Waals surface area contributed by atoms with Gasteiger partial charge in [0.1, 0.15) is 0 Å². The lowest BCUT2D eigenvalue weighted by Gasteiger charge is -2.24. The SMILES string of the molecule is CNCC1(C)CCN(Cc2cccc3ccccc23)C1. The van der Waals surface area contributed by atoms with Crippen LogP contribution in [-0.2, 0) is 6.54 Å². The molecular weight excluding hydrogens is 244 g/mol. The van der Waals surface area contributed by atoms with Gasteiger partial charge in [-0.15, -0.1) is 0 Å². The van der Waals surface area contributed by atoms with Crippen molar-refractivity contribution < 1.29 is 0 Å². The van der Waals surface area contributed by atoms with Gasteiger partial charge in [0.15, 0.2) is 0 Å². The fourth-order valence-electron chi connectivity index (χ4n) is 3.50.